The van der Waals surface area contributed by atoms with Crippen LogP contribution in [0.5, 0.6) is 0 Å². The van der Waals surface area contributed by atoms with Gasteiger partial charge in [0, 0.05) is 24.5 Å². The SMILES string of the molecule is Cc1csc(NCCCN2CCCCC2C)n1. The lowest BCUT2D eigenvalue weighted by molar-refractivity contribution is 0.160. The van der Waals surface area contributed by atoms with Gasteiger partial charge in [-0.2, -0.15) is 0 Å². The van der Waals surface area contributed by atoms with Crippen LogP contribution in [0.1, 0.15) is 38.3 Å². The van der Waals surface area contributed by atoms with E-state index in [0.717, 1.165) is 23.4 Å². The summed E-state index contributed by atoms with van der Waals surface area (Å²) in [4.78, 5) is 7.03. The number of aryl methyl sites for hydroxylation is 1. The van der Waals surface area contributed by atoms with Crippen molar-refractivity contribution in [1.29, 1.82) is 0 Å². The molecule has 1 aromatic heterocycles. The Morgan fingerprint density at radius 1 is 1.53 bits per heavy atom. The molecule has 1 aliphatic rings. The van der Waals surface area contributed by atoms with Gasteiger partial charge in [0.1, 0.15) is 0 Å². The summed E-state index contributed by atoms with van der Waals surface area (Å²) < 4.78 is 0. The molecule has 0 radical (unpaired) electrons. The summed E-state index contributed by atoms with van der Waals surface area (Å²) in [7, 11) is 0. The molecule has 0 saturated carbocycles. The molecule has 1 N–H and O–H groups in total. The number of nitrogens with one attached hydrogen (secondary N) is 1. The van der Waals surface area contributed by atoms with Crippen LogP contribution in [0.4, 0.5) is 5.13 Å². The normalized spacial score (nSPS) is 21.6. The summed E-state index contributed by atoms with van der Waals surface area (Å²) >= 11 is 1.70. The second kappa shape index (κ2) is 6.36. The van der Waals surface area contributed by atoms with Gasteiger partial charge in [0.15, 0.2) is 5.13 Å². The van der Waals surface area contributed by atoms with Crippen molar-refractivity contribution < 1.29 is 0 Å². The van der Waals surface area contributed by atoms with Crippen LogP contribution in [-0.2, 0) is 0 Å². The van der Waals surface area contributed by atoms with E-state index in [9.17, 15) is 0 Å². The molecule has 17 heavy (non-hydrogen) atoms. The van der Waals surface area contributed by atoms with Crippen LogP contribution in [0.15, 0.2) is 5.38 Å². The molecule has 2 heterocycles. The van der Waals surface area contributed by atoms with Crippen molar-refractivity contribution in [3.63, 3.8) is 0 Å². The Balaban J connectivity index is 1.62. The molecular formula is C13H23N3S. The third-order valence-corrected chi connectivity index (χ3v) is 4.38. The minimum Gasteiger partial charge on any atom is -0.361 e. The smallest absolute Gasteiger partial charge is 0.182 e. The number of nitrogens with zero attached hydrogens (tertiary/aromatic N) is 2. The van der Waals surface area contributed by atoms with E-state index in [4.69, 9.17) is 0 Å². The van der Waals surface area contributed by atoms with Crippen molar-refractivity contribution in [2.24, 2.45) is 0 Å². The van der Waals surface area contributed by atoms with Gasteiger partial charge in [-0.05, 0) is 39.7 Å². The van der Waals surface area contributed by atoms with E-state index in [0.29, 0.717) is 0 Å². The fourth-order valence-electron chi connectivity index (χ4n) is 2.40. The maximum absolute atomic E-state index is 4.40. The molecule has 1 saturated heterocycles. The van der Waals surface area contributed by atoms with E-state index in [2.05, 4.69) is 27.5 Å². The summed E-state index contributed by atoms with van der Waals surface area (Å²) in [5.41, 5.74) is 1.11. The van der Waals surface area contributed by atoms with Gasteiger partial charge in [0.25, 0.3) is 0 Å². The topological polar surface area (TPSA) is 28.2 Å². The lowest BCUT2D eigenvalue weighted by Gasteiger charge is -2.33. The fraction of sp³-hybridized carbons (Fsp3) is 0.769. The van der Waals surface area contributed by atoms with Gasteiger partial charge >= 0.3 is 0 Å². The zero-order chi connectivity index (χ0) is 12.1. The van der Waals surface area contributed by atoms with Gasteiger partial charge in [-0.3, -0.25) is 0 Å². The minimum atomic E-state index is 0.783. The Bertz CT molecular complexity index is 337. The van der Waals surface area contributed by atoms with Crippen molar-refractivity contribution in [3.8, 4) is 0 Å². The van der Waals surface area contributed by atoms with E-state index in [1.807, 2.05) is 6.92 Å². The Morgan fingerprint density at radius 2 is 2.41 bits per heavy atom. The molecule has 0 spiro atoms. The summed E-state index contributed by atoms with van der Waals surface area (Å²) in [6.07, 6.45) is 5.37. The largest absolute Gasteiger partial charge is 0.361 e. The lowest BCUT2D eigenvalue weighted by atomic mass is 10.0. The van der Waals surface area contributed by atoms with Crippen LogP contribution < -0.4 is 5.32 Å². The molecule has 4 heteroatoms. The zero-order valence-corrected chi connectivity index (χ0v) is 11.7. The van der Waals surface area contributed by atoms with Crippen LogP contribution in [0.3, 0.4) is 0 Å². The predicted octanol–water partition coefficient (Wildman–Crippen LogP) is 3.13. The van der Waals surface area contributed by atoms with E-state index in [1.54, 1.807) is 11.3 Å². The van der Waals surface area contributed by atoms with Crippen LogP contribution in [0.2, 0.25) is 0 Å². The molecule has 0 bridgehead atoms. The quantitative estimate of drug-likeness (QED) is 0.817. The van der Waals surface area contributed by atoms with E-state index in [1.165, 1.54) is 38.8 Å². The lowest BCUT2D eigenvalue weighted by Crippen LogP contribution is -2.38. The number of rotatable bonds is 5. The minimum absolute atomic E-state index is 0.783. The molecule has 1 aromatic rings. The van der Waals surface area contributed by atoms with Crippen LogP contribution in [-0.4, -0.2) is 35.6 Å². The number of hydrogen-bond acceptors (Lipinski definition) is 4. The first-order chi connectivity index (χ1) is 8.25. The Hall–Kier alpha value is -0.610. The third kappa shape index (κ3) is 3.96. The fourth-order valence-corrected chi connectivity index (χ4v) is 3.12. The van der Waals surface area contributed by atoms with E-state index >= 15 is 0 Å². The Labute approximate surface area is 108 Å². The highest BCUT2D eigenvalue weighted by molar-refractivity contribution is 7.13. The maximum atomic E-state index is 4.40. The van der Waals surface area contributed by atoms with Crippen molar-refractivity contribution in [2.45, 2.75) is 45.6 Å². The molecule has 1 fully saturated rings. The molecule has 0 aromatic carbocycles. The highest BCUT2D eigenvalue weighted by atomic mass is 32.1. The average molecular weight is 253 g/mol. The van der Waals surface area contributed by atoms with Gasteiger partial charge in [0.2, 0.25) is 0 Å². The highest BCUT2D eigenvalue weighted by Gasteiger charge is 2.16. The molecule has 2 rings (SSSR count). The van der Waals surface area contributed by atoms with Crippen LogP contribution in [0.25, 0.3) is 0 Å². The third-order valence-electron chi connectivity index (χ3n) is 3.46. The number of hydrogen-bond donors (Lipinski definition) is 1. The van der Waals surface area contributed by atoms with Crippen molar-refractivity contribution in [3.05, 3.63) is 11.1 Å². The number of anilines is 1. The van der Waals surface area contributed by atoms with Gasteiger partial charge < -0.3 is 10.2 Å². The van der Waals surface area contributed by atoms with Gasteiger partial charge in [-0.1, -0.05) is 6.42 Å². The summed E-state index contributed by atoms with van der Waals surface area (Å²) in [6, 6.07) is 0.783. The van der Waals surface area contributed by atoms with Crippen molar-refractivity contribution >= 4 is 16.5 Å². The number of aromatic nitrogens is 1. The molecule has 3 nitrogen and oxygen atoms in total. The van der Waals surface area contributed by atoms with E-state index < -0.39 is 0 Å². The van der Waals surface area contributed by atoms with Crippen LogP contribution >= 0.6 is 11.3 Å². The summed E-state index contributed by atoms with van der Waals surface area (Å²) in [5.74, 6) is 0. The second-order valence-corrected chi connectivity index (χ2v) is 5.81. The Kier molecular flexibility index (Phi) is 4.80. The highest BCUT2D eigenvalue weighted by Crippen LogP contribution is 2.17. The summed E-state index contributed by atoms with van der Waals surface area (Å²) in [5, 5.41) is 6.56. The number of likely N-dealkylation sites (tertiary alicyclic amines) is 1. The molecule has 1 unspecified atom stereocenters. The first-order valence-electron chi connectivity index (χ1n) is 6.66. The molecule has 96 valence electrons. The molecule has 1 atom stereocenters. The van der Waals surface area contributed by atoms with Gasteiger partial charge in [-0.15, -0.1) is 11.3 Å². The molecule has 0 amide bonds. The molecule has 0 aliphatic carbocycles. The van der Waals surface area contributed by atoms with Gasteiger partial charge in [-0.25, -0.2) is 4.98 Å². The first kappa shape index (κ1) is 12.8. The number of piperidine rings is 1. The predicted molar refractivity (Wildman–Crippen MR) is 74.8 cm³/mol. The van der Waals surface area contributed by atoms with Crippen LogP contribution in [0, 0.1) is 6.92 Å². The first-order valence-corrected chi connectivity index (χ1v) is 7.54. The maximum Gasteiger partial charge on any atom is 0.182 e. The zero-order valence-electron chi connectivity index (χ0n) is 10.9. The van der Waals surface area contributed by atoms with Gasteiger partial charge in [0.05, 0.1) is 5.69 Å². The second-order valence-electron chi connectivity index (χ2n) is 4.96. The van der Waals surface area contributed by atoms with Crippen molar-refractivity contribution in [2.75, 3.05) is 25.0 Å². The standard InChI is InChI=1S/C13H23N3S/c1-11-10-17-13(15-11)14-7-5-9-16-8-4-3-6-12(16)2/h10,12H,3-9H2,1-2H3,(H,14,15). The molecular weight excluding hydrogens is 230 g/mol. The number of thiazole rings is 1. The van der Waals surface area contributed by atoms with Crippen molar-refractivity contribution in [1.82, 2.24) is 9.88 Å². The average Bonchev–Trinajstić information content (AvgIpc) is 2.73. The monoisotopic (exact) mass is 253 g/mol. The Morgan fingerprint density at radius 3 is 3.12 bits per heavy atom. The van der Waals surface area contributed by atoms with E-state index in [-0.39, 0.29) is 0 Å². The summed E-state index contributed by atoms with van der Waals surface area (Å²) in [6.45, 7) is 7.94. The molecule has 1 aliphatic heterocycles.